The Morgan fingerprint density at radius 1 is 0.686 bits per heavy atom. The molecule has 0 aliphatic carbocycles. The zero-order valence-corrected chi connectivity index (χ0v) is 19.9. The van der Waals surface area contributed by atoms with E-state index in [0.29, 0.717) is 5.04 Å². The van der Waals surface area contributed by atoms with Crippen LogP contribution < -0.4 is 10.0 Å². The van der Waals surface area contributed by atoms with Crippen LogP contribution in [0.1, 0.15) is 23.6 Å². The minimum absolute atomic E-state index is 0.0730. The van der Waals surface area contributed by atoms with E-state index in [4.69, 9.17) is 10.2 Å². The Labute approximate surface area is 208 Å². The van der Waals surface area contributed by atoms with Gasteiger partial charge in [-0.3, -0.25) is 4.79 Å². The summed E-state index contributed by atoms with van der Waals surface area (Å²) < 4.78 is 0. The molecule has 2 aliphatic rings. The van der Waals surface area contributed by atoms with Crippen LogP contribution >= 0.6 is 11.8 Å². The Hall–Kier alpha value is -4.16. The van der Waals surface area contributed by atoms with Gasteiger partial charge in [-0.2, -0.15) is 10.2 Å². The average Bonchev–Trinajstić information content (AvgIpc) is 3.32. The number of rotatable bonds is 4. The first-order chi connectivity index (χ1) is 17.2. The third kappa shape index (κ3) is 3.45. The maximum Gasteiger partial charge on any atom is 0.234 e. The normalized spacial score (nSPS) is 18.8. The molecule has 0 N–H and O–H groups in total. The average molecular weight is 475 g/mol. The quantitative estimate of drug-likeness (QED) is 0.352. The van der Waals surface area contributed by atoms with Gasteiger partial charge < -0.3 is 0 Å². The van der Waals surface area contributed by atoms with Gasteiger partial charge in [0.15, 0.2) is 10.8 Å². The topological polar surface area (TPSA) is 48.3 Å². The van der Waals surface area contributed by atoms with Crippen molar-refractivity contribution in [3.05, 3.63) is 132 Å². The molecule has 0 aromatic heterocycles. The van der Waals surface area contributed by atoms with E-state index in [1.54, 1.807) is 6.92 Å². The van der Waals surface area contributed by atoms with Gasteiger partial charge in [-0.05, 0) is 36.0 Å². The number of carbonyl (C=O) groups excluding carboxylic acids is 1. The zero-order valence-electron chi connectivity index (χ0n) is 19.1. The number of Topliss-reactive ketones (excluding diaryl/α,β-unsaturated/α-hetero) is 1. The van der Waals surface area contributed by atoms with Crippen LogP contribution in [0.25, 0.3) is 0 Å². The number of thioether (sulfide) groups is 1. The van der Waals surface area contributed by atoms with E-state index in [1.165, 1.54) is 11.8 Å². The van der Waals surface area contributed by atoms with Crippen molar-refractivity contribution in [1.82, 2.24) is 0 Å². The van der Waals surface area contributed by atoms with Gasteiger partial charge in [0, 0.05) is 23.6 Å². The fourth-order valence-electron chi connectivity index (χ4n) is 4.52. The fraction of sp³-hybridized carbons (Fsp3) is 0.0690. The molecule has 0 radical (unpaired) electrons. The Bertz CT molecular complexity index is 1450. The molecule has 4 aromatic rings. The number of nitrogens with zero attached hydrogens (tertiary/aromatic N) is 4. The standard InChI is InChI=1S/C29H22N4OS/c1-21(34)28-31-33(24-17-9-4-10-18-24)29(35-28)26-20-12-11-19-25(26)27(22-13-5-2-6-14-22)30-32(29)23-15-7-3-8-16-23/h2-20H,1H3. The molecule has 170 valence electrons. The summed E-state index contributed by atoms with van der Waals surface area (Å²) >= 11 is 1.43. The predicted octanol–water partition coefficient (Wildman–Crippen LogP) is 6.23. The van der Waals surface area contributed by atoms with Gasteiger partial charge >= 0.3 is 0 Å². The summed E-state index contributed by atoms with van der Waals surface area (Å²) in [6.07, 6.45) is 0. The lowest BCUT2D eigenvalue weighted by molar-refractivity contribution is -0.110. The highest BCUT2D eigenvalue weighted by Gasteiger charge is 2.55. The molecule has 0 saturated heterocycles. The number of hydrazone groups is 2. The Balaban J connectivity index is 1.67. The molecule has 5 nitrogen and oxygen atoms in total. The number of carbonyl (C=O) groups is 1. The van der Waals surface area contributed by atoms with Crippen LogP contribution in [0.15, 0.2) is 125 Å². The second-order valence-electron chi connectivity index (χ2n) is 8.33. The highest BCUT2D eigenvalue weighted by atomic mass is 32.2. The van der Waals surface area contributed by atoms with E-state index in [2.05, 4.69) is 24.3 Å². The van der Waals surface area contributed by atoms with Crippen LogP contribution in [0.3, 0.4) is 0 Å². The molecule has 0 saturated carbocycles. The van der Waals surface area contributed by atoms with Crippen LogP contribution in [-0.2, 0) is 9.79 Å². The fourth-order valence-corrected chi connectivity index (χ4v) is 5.81. The van der Waals surface area contributed by atoms with Crippen molar-refractivity contribution in [3.8, 4) is 0 Å². The van der Waals surface area contributed by atoms with Gasteiger partial charge in [0.05, 0.1) is 17.1 Å². The van der Waals surface area contributed by atoms with Crippen molar-refractivity contribution in [2.75, 3.05) is 10.0 Å². The number of benzene rings is 4. The molecule has 6 rings (SSSR count). The number of ketones is 1. The number of fused-ring (bicyclic) bond motifs is 2. The molecule has 6 heteroatoms. The summed E-state index contributed by atoms with van der Waals surface area (Å²) in [5.74, 6) is -0.0730. The van der Waals surface area contributed by atoms with Gasteiger partial charge in [-0.1, -0.05) is 91.0 Å². The van der Waals surface area contributed by atoms with Gasteiger partial charge in [-0.25, -0.2) is 10.0 Å². The molecule has 1 atom stereocenters. The summed E-state index contributed by atoms with van der Waals surface area (Å²) in [4.78, 5) is 11.7. The van der Waals surface area contributed by atoms with Crippen LogP contribution in [0.4, 0.5) is 11.4 Å². The van der Waals surface area contributed by atoms with Crippen molar-refractivity contribution in [2.45, 2.75) is 11.9 Å². The first kappa shape index (κ1) is 21.4. The molecule has 1 unspecified atom stereocenters. The molecular weight excluding hydrogens is 452 g/mol. The van der Waals surface area contributed by atoms with Gasteiger partial charge in [0.1, 0.15) is 0 Å². The zero-order chi connectivity index (χ0) is 23.8. The third-order valence-electron chi connectivity index (χ3n) is 6.09. The van der Waals surface area contributed by atoms with Crippen molar-refractivity contribution < 1.29 is 4.79 Å². The van der Waals surface area contributed by atoms with Crippen LogP contribution in [-0.4, -0.2) is 16.5 Å². The first-order valence-electron chi connectivity index (χ1n) is 11.4. The summed E-state index contributed by atoms with van der Waals surface area (Å²) in [6, 6.07) is 38.5. The largest absolute Gasteiger partial charge is 0.292 e. The lowest BCUT2D eigenvalue weighted by Gasteiger charge is -2.47. The molecule has 1 spiro atoms. The van der Waals surface area contributed by atoms with E-state index in [0.717, 1.165) is 33.8 Å². The van der Waals surface area contributed by atoms with E-state index < -0.39 is 4.99 Å². The molecule has 0 bridgehead atoms. The maximum atomic E-state index is 12.7. The number of hydrogen-bond donors (Lipinski definition) is 0. The highest BCUT2D eigenvalue weighted by Crippen LogP contribution is 2.54. The maximum absolute atomic E-state index is 12.7. The first-order valence-corrected chi connectivity index (χ1v) is 12.2. The minimum Gasteiger partial charge on any atom is -0.292 e. The van der Waals surface area contributed by atoms with Crippen molar-refractivity contribution in [1.29, 1.82) is 0 Å². The smallest absolute Gasteiger partial charge is 0.234 e. The molecule has 0 amide bonds. The van der Waals surface area contributed by atoms with Crippen molar-refractivity contribution in [2.24, 2.45) is 10.2 Å². The lowest BCUT2D eigenvalue weighted by atomic mass is 9.93. The number of hydrogen-bond acceptors (Lipinski definition) is 6. The van der Waals surface area contributed by atoms with Crippen LogP contribution in [0.2, 0.25) is 0 Å². The molecule has 2 aliphatic heterocycles. The third-order valence-corrected chi connectivity index (χ3v) is 7.50. The van der Waals surface area contributed by atoms with Crippen molar-refractivity contribution in [3.63, 3.8) is 0 Å². The van der Waals surface area contributed by atoms with E-state index in [1.807, 2.05) is 101 Å². The van der Waals surface area contributed by atoms with Crippen LogP contribution in [0, 0.1) is 0 Å². The summed E-state index contributed by atoms with van der Waals surface area (Å²) in [5, 5.41) is 14.5. The molecule has 35 heavy (non-hydrogen) atoms. The number of anilines is 2. The second kappa shape index (κ2) is 8.56. The number of para-hydroxylation sites is 2. The molecule has 0 fully saturated rings. The van der Waals surface area contributed by atoms with E-state index in [-0.39, 0.29) is 5.78 Å². The molecule has 2 heterocycles. The molecular formula is C29H22N4OS. The molecule has 4 aromatic carbocycles. The predicted molar refractivity (Wildman–Crippen MR) is 144 cm³/mol. The Morgan fingerprint density at radius 2 is 1.20 bits per heavy atom. The lowest BCUT2D eigenvalue weighted by Crippen LogP contribution is -2.54. The van der Waals surface area contributed by atoms with Gasteiger partial charge in [-0.15, -0.1) is 0 Å². The van der Waals surface area contributed by atoms with Gasteiger partial charge in [0.2, 0.25) is 4.99 Å². The Kier molecular flexibility index (Phi) is 5.23. The monoisotopic (exact) mass is 474 g/mol. The van der Waals surface area contributed by atoms with Crippen molar-refractivity contribution >= 4 is 39.7 Å². The van der Waals surface area contributed by atoms with Crippen LogP contribution in [0.5, 0.6) is 0 Å². The summed E-state index contributed by atoms with van der Waals surface area (Å²) in [5.41, 5.74) is 5.72. The highest BCUT2D eigenvalue weighted by molar-refractivity contribution is 8.17. The summed E-state index contributed by atoms with van der Waals surface area (Å²) in [6.45, 7) is 1.56. The van der Waals surface area contributed by atoms with Gasteiger partial charge in [0.25, 0.3) is 0 Å². The van der Waals surface area contributed by atoms with E-state index >= 15 is 0 Å². The SMILES string of the molecule is CC(=O)C1=NN(c2ccccc2)C2(S1)c1ccccc1C(c1ccccc1)=NN2c1ccccc1. The minimum atomic E-state index is -0.918. The van der Waals surface area contributed by atoms with E-state index in [9.17, 15) is 4.79 Å². The Morgan fingerprint density at radius 3 is 1.80 bits per heavy atom. The second-order valence-corrected chi connectivity index (χ2v) is 9.49. The summed E-state index contributed by atoms with van der Waals surface area (Å²) in [7, 11) is 0.